The molecule has 2 aromatic rings. The molecule has 0 saturated heterocycles. The molecule has 0 aliphatic heterocycles. The molecule has 0 fully saturated rings. The van der Waals surface area contributed by atoms with Crippen molar-refractivity contribution in [1.82, 2.24) is 5.32 Å². The molecular weight excluding hydrogens is 262 g/mol. The fourth-order valence-corrected chi connectivity index (χ4v) is 2.89. The fourth-order valence-electron chi connectivity index (χ4n) is 2.89. The minimum Gasteiger partial charge on any atom is -0.496 e. The molecule has 0 bridgehead atoms. The van der Waals surface area contributed by atoms with Crippen LogP contribution in [-0.2, 0) is 0 Å². The van der Waals surface area contributed by atoms with Crippen LogP contribution in [0.25, 0.3) is 0 Å². The summed E-state index contributed by atoms with van der Waals surface area (Å²) in [5.41, 5.74) is 4.82. The Hall–Kier alpha value is -1.74. The van der Waals surface area contributed by atoms with Crippen molar-refractivity contribution in [3.8, 4) is 5.75 Å². The maximum atomic E-state index is 5.82. The normalized spacial score (nSPS) is 12.5. The van der Waals surface area contributed by atoms with Crippen molar-refractivity contribution < 1.29 is 9.15 Å². The number of aryl methyl sites for hydroxylation is 3. The van der Waals surface area contributed by atoms with Gasteiger partial charge >= 0.3 is 0 Å². The smallest absolute Gasteiger partial charge is 0.124 e. The minimum absolute atomic E-state index is 0.0855. The van der Waals surface area contributed by atoms with Gasteiger partial charge in [0.25, 0.3) is 0 Å². The Kier molecular flexibility index (Phi) is 4.73. The molecule has 3 nitrogen and oxygen atoms in total. The van der Waals surface area contributed by atoms with Crippen LogP contribution in [0.1, 0.15) is 46.7 Å². The number of ether oxygens (including phenoxy) is 1. The maximum absolute atomic E-state index is 5.82. The van der Waals surface area contributed by atoms with Crippen LogP contribution in [0.2, 0.25) is 0 Å². The lowest BCUT2D eigenvalue weighted by molar-refractivity contribution is 0.403. The van der Waals surface area contributed by atoms with Gasteiger partial charge in [0.2, 0.25) is 0 Å². The van der Waals surface area contributed by atoms with E-state index in [9.17, 15) is 0 Å². The van der Waals surface area contributed by atoms with Crippen molar-refractivity contribution in [1.29, 1.82) is 0 Å². The SMILES string of the molecule is CCNC(c1cc(C)ccc1OC)c1c(C)oc(C)c1C. The van der Waals surface area contributed by atoms with Crippen LogP contribution in [-0.4, -0.2) is 13.7 Å². The molecule has 2 rings (SSSR count). The zero-order chi connectivity index (χ0) is 15.6. The molecule has 1 aromatic heterocycles. The first-order chi connectivity index (χ1) is 9.99. The highest BCUT2D eigenvalue weighted by Gasteiger charge is 2.24. The monoisotopic (exact) mass is 287 g/mol. The first kappa shape index (κ1) is 15.6. The van der Waals surface area contributed by atoms with Crippen molar-refractivity contribution in [3.05, 3.63) is 52.0 Å². The van der Waals surface area contributed by atoms with Crippen molar-refractivity contribution in [3.63, 3.8) is 0 Å². The quantitative estimate of drug-likeness (QED) is 0.894. The Morgan fingerprint density at radius 2 is 1.86 bits per heavy atom. The van der Waals surface area contributed by atoms with E-state index < -0.39 is 0 Å². The lowest BCUT2D eigenvalue weighted by atomic mass is 9.93. The van der Waals surface area contributed by atoms with Crippen LogP contribution >= 0.6 is 0 Å². The van der Waals surface area contributed by atoms with E-state index in [1.165, 1.54) is 16.7 Å². The summed E-state index contributed by atoms with van der Waals surface area (Å²) in [6, 6.07) is 6.38. The number of hydrogen-bond acceptors (Lipinski definition) is 3. The van der Waals surface area contributed by atoms with Crippen LogP contribution in [0.5, 0.6) is 5.75 Å². The second-order valence-electron chi connectivity index (χ2n) is 5.49. The van der Waals surface area contributed by atoms with Gasteiger partial charge in [-0.15, -0.1) is 0 Å². The number of benzene rings is 1. The summed E-state index contributed by atoms with van der Waals surface area (Å²) in [5, 5.41) is 3.57. The highest BCUT2D eigenvalue weighted by molar-refractivity contribution is 5.47. The second-order valence-corrected chi connectivity index (χ2v) is 5.49. The van der Waals surface area contributed by atoms with Gasteiger partial charge in [-0.2, -0.15) is 0 Å². The average Bonchev–Trinajstić information content (AvgIpc) is 2.70. The predicted octanol–water partition coefficient (Wildman–Crippen LogP) is 4.22. The van der Waals surface area contributed by atoms with Gasteiger partial charge in [-0.1, -0.05) is 24.6 Å². The van der Waals surface area contributed by atoms with Gasteiger partial charge in [-0.05, 0) is 45.9 Å². The Morgan fingerprint density at radius 1 is 1.14 bits per heavy atom. The molecule has 1 unspecified atom stereocenters. The Bertz CT molecular complexity index is 628. The molecule has 0 aliphatic rings. The molecule has 0 radical (unpaired) electrons. The van der Waals surface area contributed by atoms with E-state index in [1.807, 2.05) is 19.9 Å². The van der Waals surface area contributed by atoms with E-state index in [0.717, 1.165) is 29.4 Å². The third kappa shape index (κ3) is 2.98. The van der Waals surface area contributed by atoms with E-state index in [2.05, 4.69) is 38.2 Å². The molecule has 0 spiro atoms. The summed E-state index contributed by atoms with van der Waals surface area (Å²) in [7, 11) is 1.72. The molecule has 3 heteroatoms. The van der Waals surface area contributed by atoms with Gasteiger partial charge in [-0.3, -0.25) is 0 Å². The first-order valence-corrected chi connectivity index (χ1v) is 7.44. The van der Waals surface area contributed by atoms with Crippen molar-refractivity contribution >= 4 is 0 Å². The summed E-state index contributed by atoms with van der Waals surface area (Å²) >= 11 is 0. The fraction of sp³-hybridized carbons (Fsp3) is 0.444. The molecule has 0 saturated carbocycles. The highest BCUT2D eigenvalue weighted by Crippen LogP contribution is 2.36. The molecule has 0 amide bonds. The molecule has 21 heavy (non-hydrogen) atoms. The Balaban J connectivity index is 2.61. The number of methoxy groups -OCH3 is 1. The molecule has 1 aromatic carbocycles. The highest BCUT2D eigenvalue weighted by atomic mass is 16.5. The van der Waals surface area contributed by atoms with Crippen LogP contribution in [0.3, 0.4) is 0 Å². The van der Waals surface area contributed by atoms with Gasteiger partial charge in [0.05, 0.1) is 13.2 Å². The van der Waals surface area contributed by atoms with Gasteiger partial charge in [0, 0.05) is 11.1 Å². The van der Waals surface area contributed by atoms with Crippen molar-refractivity contribution in [2.45, 2.75) is 40.7 Å². The number of hydrogen-bond donors (Lipinski definition) is 1. The Morgan fingerprint density at radius 3 is 2.38 bits per heavy atom. The molecule has 0 aliphatic carbocycles. The summed E-state index contributed by atoms with van der Waals surface area (Å²) in [6.07, 6.45) is 0. The van der Waals surface area contributed by atoms with Crippen LogP contribution in [0.15, 0.2) is 22.6 Å². The van der Waals surface area contributed by atoms with Crippen LogP contribution < -0.4 is 10.1 Å². The zero-order valence-electron chi connectivity index (χ0n) is 13.8. The van der Waals surface area contributed by atoms with Gasteiger partial charge in [-0.25, -0.2) is 0 Å². The van der Waals surface area contributed by atoms with Crippen LogP contribution in [0.4, 0.5) is 0 Å². The number of furan rings is 1. The first-order valence-electron chi connectivity index (χ1n) is 7.44. The van der Waals surface area contributed by atoms with E-state index >= 15 is 0 Å². The summed E-state index contributed by atoms with van der Waals surface area (Å²) < 4.78 is 11.4. The minimum atomic E-state index is 0.0855. The van der Waals surface area contributed by atoms with Gasteiger partial charge in [0.1, 0.15) is 17.3 Å². The molecule has 1 N–H and O–H groups in total. The van der Waals surface area contributed by atoms with Crippen molar-refractivity contribution in [2.24, 2.45) is 0 Å². The van der Waals surface area contributed by atoms with Gasteiger partial charge in [0.15, 0.2) is 0 Å². The molecule has 114 valence electrons. The predicted molar refractivity (Wildman–Crippen MR) is 86.2 cm³/mol. The number of rotatable bonds is 5. The van der Waals surface area contributed by atoms with E-state index in [4.69, 9.17) is 9.15 Å². The van der Waals surface area contributed by atoms with Crippen molar-refractivity contribution in [2.75, 3.05) is 13.7 Å². The topological polar surface area (TPSA) is 34.4 Å². The van der Waals surface area contributed by atoms with E-state index in [-0.39, 0.29) is 6.04 Å². The molecule has 1 atom stereocenters. The maximum Gasteiger partial charge on any atom is 0.124 e. The molecule has 1 heterocycles. The third-order valence-electron chi connectivity index (χ3n) is 4.01. The lowest BCUT2D eigenvalue weighted by Gasteiger charge is -2.22. The summed E-state index contributed by atoms with van der Waals surface area (Å²) in [5.74, 6) is 2.86. The Labute approximate surface area is 127 Å². The largest absolute Gasteiger partial charge is 0.496 e. The van der Waals surface area contributed by atoms with Crippen LogP contribution in [0, 0.1) is 27.7 Å². The van der Waals surface area contributed by atoms with E-state index in [1.54, 1.807) is 7.11 Å². The summed E-state index contributed by atoms with van der Waals surface area (Å²) in [6.45, 7) is 11.3. The van der Waals surface area contributed by atoms with E-state index in [0.29, 0.717) is 0 Å². The van der Waals surface area contributed by atoms with Gasteiger partial charge < -0.3 is 14.5 Å². The molecular formula is C18H25NO2. The summed E-state index contributed by atoms with van der Waals surface area (Å²) in [4.78, 5) is 0. The second kappa shape index (κ2) is 6.35. The third-order valence-corrected chi connectivity index (χ3v) is 4.01. The number of nitrogens with one attached hydrogen (secondary N) is 1. The lowest BCUT2D eigenvalue weighted by Crippen LogP contribution is -2.23. The zero-order valence-corrected chi connectivity index (χ0v) is 13.8. The standard InChI is InChI=1S/C18H25NO2/c1-7-19-18(17-12(3)13(4)21-14(17)5)15-10-11(2)8-9-16(15)20-6/h8-10,18-19H,7H2,1-6H3. The average molecular weight is 287 g/mol.